The lowest BCUT2D eigenvalue weighted by molar-refractivity contribution is -0.116. The Kier molecular flexibility index (Phi) is 7.01. The number of anilines is 1. The van der Waals surface area contributed by atoms with E-state index in [2.05, 4.69) is 10.6 Å². The number of carbonyl (C=O) groups is 2. The highest BCUT2D eigenvalue weighted by Crippen LogP contribution is 2.16. The minimum absolute atomic E-state index is 0. The first-order chi connectivity index (χ1) is 9.56. The second-order valence-corrected chi connectivity index (χ2v) is 6.02. The van der Waals surface area contributed by atoms with Gasteiger partial charge >= 0.3 is 0 Å². The van der Waals surface area contributed by atoms with Gasteiger partial charge < -0.3 is 16.4 Å². The van der Waals surface area contributed by atoms with Crippen LogP contribution in [0.25, 0.3) is 0 Å². The molecule has 2 amide bonds. The Morgan fingerprint density at radius 2 is 2.24 bits per heavy atom. The van der Waals surface area contributed by atoms with Gasteiger partial charge in [-0.1, -0.05) is 0 Å². The Bertz CT molecular complexity index is 519. The van der Waals surface area contributed by atoms with Crippen LogP contribution >= 0.6 is 24.2 Å². The quantitative estimate of drug-likeness (QED) is 0.782. The molecule has 0 saturated carbocycles. The summed E-state index contributed by atoms with van der Waals surface area (Å²) in [7, 11) is 0. The van der Waals surface area contributed by atoms with Crippen LogP contribution in [-0.4, -0.2) is 35.9 Å². The smallest absolute Gasteiger partial charge is 0.248 e. The number of nitrogens with two attached hydrogens (primary N) is 1. The van der Waals surface area contributed by atoms with Crippen LogP contribution in [-0.2, 0) is 4.79 Å². The van der Waals surface area contributed by atoms with Crippen LogP contribution in [0.15, 0.2) is 18.2 Å². The molecule has 1 saturated heterocycles. The Balaban J connectivity index is 0.00000220. The summed E-state index contributed by atoms with van der Waals surface area (Å²) in [5.41, 5.74) is 7.19. The van der Waals surface area contributed by atoms with Crippen molar-refractivity contribution in [1.29, 1.82) is 0 Å². The number of hydrogen-bond donors (Lipinski definition) is 3. The van der Waals surface area contributed by atoms with Crippen LogP contribution in [0.3, 0.4) is 0 Å². The number of nitrogens with one attached hydrogen (secondary N) is 2. The molecule has 0 spiro atoms. The van der Waals surface area contributed by atoms with Crippen LogP contribution in [0.5, 0.6) is 0 Å². The molecular formula is C14H20ClN3O2S. The summed E-state index contributed by atoms with van der Waals surface area (Å²) in [6.07, 6.45) is 0.462. The monoisotopic (exact) mass is 329 g/mol. The number of halogens is 1. The topological polar surface area (TPSA) is 84.2 Å². The molecule has 1 heterocycles. The molecule has 1 unspecified atom stereocenters. The van der Waals surface area contributed by atoms with Gasteiger partial charge in [0.1, 0.15) is 0 Å². The first-order valence-corrected chi connectivity index (χ1v) is 7.73. The van der Waals surface area contributed by atoms with E-state index in [-0.39, 0.29) is 24.4 Å². The second kappa shape index (κ2) is 8.26. The lowest BCUT2D eigenvalue weighted by atomic mass is 10.1. The van der Waals surface area contributed by atoms with Crippen molar-refractivity contribution in [3.8, 4) is 0 Å². The van der Waals surface area contributed by atoms with Crippen molar-refractivity contribution in [3.63, 3.8) is 0 Å². The number of hydrogen-bond acceptors (Lipinski definition) is 4. The largest absolute Gasteiger partial charge is 0.366 e. The fourth-order valence-corrected chi connectivity index (χ4v) is 3.15. The standard InChI is InChI=1S/C14H19N3O2S.ClH/c1-9-6-10(2-3-12(9)14(15)19)17-13(18)7-11-8-20-5-4-16-11;/h2-3,6,11,16H,4-5,7-8H2,1H3,(H2,15,19)(H,17,18);1H. The van der Waals surface area contributed by atoms with Crippen molar-refractivity contribution in [1.82, 2.24) is 5.32 Å². The second-order valence-electron chi connectivity index (χ2n) is 4.87. The minimum atomic E-state index is -0.455. The van der Waals surface area contributed by atoms with Gasteiger partial charge in [-0.2, -0.15) is 11.8 Å². The van der Waals surface area contributed by atoms with Gasteiger partial charge in [0.2, 0.25) is 11.8 Å². The Labute approximate surface area is 134 Å². The van der Waals surface area contributed by atoms with E-state index < -0.39 is 5.91 Å². The normalized spacial score (nSPS) is 17.7. The fourth-order valence-electron chi connectivity index (χ4n) is 2.20. The van der Waals surface area contributed by atoms with Crippen LogP contribution in [0.2, 0.25) is 0 Å². The van der Waals surface area contributed by atoms with Crippen LogP contribution in [0.1, 0.15) is 22.3 Å². The van der Waals surface area contributed by atoms with E-state index >= 15 is 0 Å². The molecule has 21 heavy (non-hydrogen) atoms. The molecule has 1 aromatic carbocycles. The number of aryl methyl sites for hydroxylation is 1. The number of carbonyl (C=O) groups excluding carboxylic acids is 2. The van der Waals surface area contributed by atoms with Crippen molar-refractivity contribution < 1.29 is 9.59 Å². The molecule has 0 bridgehead atoms. The highest BCUT2D eigenvalue weighted by molar-refractivity contribution is 7.99. The zero-order chi connectivity index (χ0) is 14.5. The number of benzene rings is 1. The van der Waals surface area contributed by atoms with Crippen LogP contribution in [0, 0.1) is 6.92 Å². The van der Waals surface area contributed by atoms with Crippen molar-refractivity contribution in [2.45, 2.75) is 19.4 Å². The van der Waals surface area contributed by atoms with E-state index in [0.29, 0.717) is 17.7 Å². The molecule has 4 N–H and O–H groups in total. The maximum absolute atomic E-state index is 12.0. The number of rotatable bonds is 4. The molecular weight excluding hydrogens is 310 g/mol. The Hall–Kier alpha value is -1.24. The van der Waals surface area contributed by atoms with Gasteiger partial charge in [0, 0.05) is 41.8 Å². The summed E-state index contributed by atoms with van der Waals surface area (Å²) in [5, 5.41) is 6.18. The van der Waals surface area contributed by atoms with Gasteiger partial charge in [0.25, 0.3) is 0 Å². The molecule has 1 aromatic rings. The van der Waals surface area contributed by atoms with Crippen LogP contribution in [0.4, 0.5) is 5.69 Å². The maximum atomic E-state index is 12.0. The van der Waals surface area contributed by atoms with Gasteiger partial charge in [-0.3, -0.25) is 9.59 Å². The molecule has 1 atom stereocenters. The molecule has 0 radical (unpaired) electrons. The van der Waals surface area contributed by atoms with Gasteiger partial charge in [-0.15, -0.1) is 12.4 Å². The van der Waals surface area contributed by atoms with E-state index in [9.17, 15) is 9.59 Å². The third-order valence-corrected chi connectivity index (χ3v) is 4.34. The molecule has 1 aliphatic heterocycles. The number of amides is 2. The molecule has 1 fully saturated rings. The van der Waals surface area contributed by atoms with Crippen molar-refractivity contribution >= 4 is 41.7 Å². The highest BCUT2D eigenvalue weighted by Gasteiger charge is 2.17. The van der Waals surface area contributed by atoms with E-state index in [1.165, 1.54) is 0 Å². The lowest BCUT2D eigenvalue weighted by Crippen LogP contribution is -2.39. The average Bonchev–Trinajstić information content (AvgIpc) is 2.39. The summed E-state index contributed by atoms with van der Waals surface area (Å²) in [6, 6.07) is 5.34. The van der Waals surface area contributed by atoms with Gasteiger partial charge in [0.05, 0.1) is 0 Å². The molecule has 0 aromatic heterocycles. The van der Waals surface area contributed by atoms with Crippen molar-refractivity contribution in [3.05, 3.63) is 29.3 Å². The van der Waals surface area contributed by atoms with E-state index in [1.807, 2.05) is 11.8 Å². The first kappa shape index (κ1) is 17.8. The third kappa shape index (κ3) is 5.22. The predicted octanol–water partition coefficient (Wildman–Crippen LogP) is 1.55. The first-order valence-electron chi connectivity index (χ1n) is 6.57. The SMILES string of the molecule is Cc1cc(NC(=O)CC2CSCCN2)ccc1C(N)=O.Cl. The Morgan fingerprint density at radius 1 is 1.48 bits per heavy atom. The molecule has 2 rings (SSSR count). The average molecular weight is 330 g/mol. The summed E-state index contributed by atoms with van der Waals surface area (Å²) < 4.78 is 0. The van der Waals surface area contributed by atoms with Gasteiger partial charge in [-0.05, 0) is 30.7 Å². The number of primary amides is 1. The summed E-state index contributed by atoms with van der Waals surface area (Å²) in [5.74, 6) is 1.60. The lowest BCUT2D eigenvalue weighted by Gasteiger charge is -2.22. The van der Waals surface area contributed by atoms with Crippen molar-refractivity contribution in [2.75, 3.05) is 23.4 Å². The van der Waals surface area contributed by atoms with Crippen molar-refractivity contribution in [2.24, 2.45) is 5.73 Å². The molecule has 116 valence electrons. The number of thioether (sulfide) groups is 1. The zero-order valence-electron chi connectivity index (χ0n) is 11.8. The summed E-state index contributed by atoms with van der Waals surface area (Å²) in [4.78, 5) is 23.1. The summed E-state index contributed by atoms with van der Waals surface area (Å²) in [6.45, 7) is 2.75. The molecule has 7 heteroatoms. The minimum Gasteiger partial charge on any atom is -0.366 e. The summed E-state index contributed by atoms with van der Waals surface area (Å²) >= 11 is 1.87. The highest BCUT2D eigenvalue weighted by atomic mass is 35.5. The zero-order valence-corrected chi connectivity index (χ0v) is 13.5. The van der Waals surface area contributed by atoms with Crippen LogP contribution < -0.4 is 16.4 Å². The molecule has 1 aliphatic rings. The maximum Gasteiger partial charge on any atom is 0.248 e. The molecule has 5 nitrogen and oxygen atoms in total. The van der Waals surface area contributed by atoms with Gasteiger partial charge in [-0.25, -0.2) is 0 Å². The predicted molar refractivity (Wildman–Crippen MR) is 89.3 cm³/mol. The van der Waals surface area contributed by atoms with E-state index in [1.54, 1.807) is 25.1 Å². The Morgan fingerprint density at radius 3 is 2.81 bits per heavy atom. The molecule has 0 aliphatic carbocycles. The van der Waals surface area contributed by atoms with E-state index in [0.717, 1.165) is 23.6 Å². The van der Waals surface area contributed by atoms with Gasteiger partial charge in [0.15, 0.2) is 0 Å². The fraction of sp³-hybridized carbons (Fsp3) is 0.429. The third-order valence-electron chi connectivity index (χ3n) is 3.21. The van der Waals surface area contributed by atoms with E-state index in [4.69, 9.17) is 5.73 Å².